The van der Waals surface area contributed by atoms with Gasteiger partial charge in [-0.3, -0.25) is 0 Å². The molecule has 0 bridgehead atoms. The molecule has 2 rings (SSSR count). The van der Waals surface area contributed by atoms with Gasteiger partial charge in [0.1, 0.15) is 11.4 Å². The second-order valence-corrected chi connectivity index (χ2v) is 5.10. The summed E-state index contributed by atoms with van der Waals surface area (Å²) < 4.78 is 0. The summed E-state index contributed by atoms with van der Waals surface area (Å²) >= 11 is 0. The van der Waals surface area contributed by atoms with Gasteiger partial charge >= 0.3 is 5.97 Å². The average molecular weight is 264 g/mol. The van der Waals surface area contributed by atoms with Gasteiger partial charge < -0.3 is 21.1 Å². The molecule has 19 heavy (non-hydrogen) atoms. The van der Waals surface area contributed by atoms with Crippen LogP contribution in [0.25, 0.3) is 0 Å². The Morgan fingerprint density at radius 3 is 2.89 bits per heavy atom. The molecule has 0 atom stereocenters. The van der Waals surface area contributed by atoms with E-state index in [1.165, 1.54) is 12.3 Å². The minimum Gasteiger partial charge on any atom is -0.478 e. The van der Waals surface area contributed by atoms with Crippen LogP contribution in [-0.2, 0) is 0 Å². The van der Waals surface area contributed by atoms with Crippen LogP contribution < -0.4 is 11.1 Å². The zero-order valence-corrected chi connectivity index (χ0v) is 11.1. The number of nitrogen functional groups attached to an aromatic ring is 1. The minimum atomic E-state index is -1.01. The molecule has 1 saturated heterocycles. The number of rotatable bonds is 4. The minimum absolute atomic E-state index is 0.132. The quantitative estimate of drug-likeness (QED) is 0.754. The number of hydrogen-bond acceptors (Lipinski definition) is 5. The molecule has 2 heterocycles. The molecule has 0 radical (unpaired) electrons. The summed E-state index contributed by atoms with van der Waals surface area (Å²) in [6.45, 7) is 2.94. The number of pyridine rings is 1. The largest absolute Gasteiger partial charge is 0.478 e. The summed E-state index contributed by atoms with van der Waals surface area (Å²) in [6, 6.07) is 1.44. The smallest absolute Gasteiger partial charge is 0.339 e. The van der Waals surface area contributed by atoms with Crippen LogP contribution in [0.5, 0.6) is 0 Å². The number of nitrogens with one attached hydrogen (secondary N) is 1. The molecule has 4 N–H and O–H groups in total. The van der Waals surface area contributed by atoms with Gasteiger partial charge in [-0.15, -0.1) is 0 Å². The Morgan fingerprint density at radius 2 is 2.26 bits per heavy atom. The second kappa shape index (κ2) is 5.88. The van der Waals surface area contributed by atoms with Crippen molar-refractivity contribution in [2.45, 2.75) is 12.8 Å². The summed E-state index contributed by atoms with van der Waals surface area (Å²) in [5, 5.41) is 12.3. The number of likely N-dealkylation sites (tertiary alicyclic amines) is 1. The zero-order chi connectivity index (χ0) is 13.8. The normalized spacial score (nSPS) is 17.3. The molecule has 0 spiro atoms. The first-order valence-corrected chi connectivity index (χ1v) is 6.47. The first-order chi connectivity index (χ1) is 9.06. The fourth-order valence-electron chi connectivity index (χ4n) is 2.29. The molecule has 104 valence electrons. The van der Waals surface area contributed by atoms with E-state index in [0.717, 1.165) is 32.5 Å². The van der Waals surface area contributed by atoms with Crippen molar-refractivity contribution in [2.24, 2.45) is 5.92 Å². The Hall–Kier alpha value is -1.82. The molecule has 0 aliphatic carbocycles. The van der Waals surface area contributed by atoms with Gasteiger partial charge in [0.2, 0.25) is 0 Å². The van der Waals surface area contributed by atoms with Crippen LogP contribution in [0.4, 0.5) is 11.5 Å². The number of carboxylic acid groups (broad SMARTS) is 1. The van der Waals surface area contributed by atoms with Crippen molar-refractivity contribution in [1.82, 2.24) is 9.88 Å². The van der Waals surface area contributed by atoms with Crippen LogP contribution in [0.15, 0.2) is 12.3 Å². The molecule has 0 unspecified atom stereocenters. The van der Waals surface area contributed by atoms with Crippen molar-refractivity contribution in [2.75, 3.05) is 37.7 Å². The number of nitrogens with zero attached hydrogens (tertiary/aromatic N) is 2. The van der Waals surface area contributed by atoms with Gasteiger partial charge in [0.15, 0.2) is 0 Å². The molecule has 0 amide bonds. The topological polar surface area (TPSA) is 91.5 Å². The number of carboxylic acids is 1. The molecule has 1 aromatic rings. The van der Waals surface area contributed by atoms with Crippen LogP contribution in [0.3, 0.4) is 0 Å². The van der Waals surface area contributed by atoms with E-state index in [-0.39, 0.29) is 5.56 Å². The third-order valence-electron chi connectivity index (χ3n) is 3.54. The summed E-state index contributed by atoms with van der Waals surface area (Å²) in [7, 11) is 2.12. The van der Waals surface area contributed by atoms with Gasteiger partial charge in [-0.2, -0.15) is 0 Å². The van der Waals surface area contributed by atoms with Gasteiger partial charge in [-0.25, -0.2) is 9.78 Å². The van der Waals surface area contributed by atoms with Gasteiger partial charge in [0.05, 0.1) is 11.9 Å². The second-order valence-electron chi connectivity index (χ2n) is 5.10. The van der Waals surface area contributed by atoms with E-state index in [0.29, 0.717) is 17.4 Å². The average Bonchev–Trinajstić information content (AvgIpc) is 2.39. The van der Waals surface area contributed by atoms with E-state index in [9.17, 15) is 4.79 Å². The van der Waals surface area contributed by atoms with Crippen molar-refractivity contribution in [3.8, 4) is 0 Å². The predicted octanol–water partition coefficient (Wildman–Crippen LogP) is 1.12. The number of aromatic carboxylic acids is 1. The number of aromatic nitrogens is 1. The maximum atomic E-state index is 11.1. The monoisotopic (exact) mass is 264 g/mol. The third-order valence-corrected chi connectivity index (χ3v) is 3.54. The van der Waals surface area contributed by atoms with E-state index in [2.05, 4.69) is 22.2 Å². The Bertz CT molecular complexity index is 456. The van der Waals surface area contributed by atoms with Gasteiger partial charge in [0, 0.05) is 6.54 Å². The van der Waals surface area contributed by atoms with Gasteiger partial charge in [-0.05, 0) is 45.0 Å². The van der Waals surface area contributed by atoms with Crippen LogP contribution in [0, 0.1) is 5.92 Å². The SMILES string of the molecule is CN1CCC(CNc2ncc(N)cc2C(=O)O)CC1. The molecule has 1 fully saturated rings. The van der Waals surface area contributed by atoms with Gasteiger partial charge in [-0.1, -0.05) is 0 Å². The highest BCUT2D eigenvalue weighted by molar-refractivity contribution is 5.94. The number of anilines is 2. The van der Waals surface area contributed by atoms with E-state index < -0.39 is 5.97 Å². The van der Waals surface area contributed by atoms with E-state index in [4.69, 9.17) is 10.8 Å². The molecule has 0 aromatic carbocycles. The lowest BCUT2D eigenvalue weighted by Crippen LogP contribution is -2.33. The van der Waals surface area contributed by atoms with Crippen molar-refractivity contribution < 1.29 is 9.90 Å². The third kappa shape index (κ3) is 3.57. The van der Waals surface area contributed by atoms with Crippen LogP contribution >= 0.6 is 0 Å². The Kier molecular flexibility index (Phi) is 4.21. The molecule has 1 aliphatic heterocycles. The van der Waals surface area contributed by atoms with Gasteiger partial charge in [0.25, 0.3) is 0 Å². The zero-order valence-electron chi connectivity index (χ0n) is 11.1. The highest BCUT2D eigenvalue weighted by Gasteiger charge is 2.18. The maximum Gasteiger partial charge on any atom is 0.339 e. The summed E-state index contributed by atoms with van der Waals surface area (Å²) in [5.74, 6) is -0.0384. The first kappa shape index (κ1) is 13.6. The first-order valence-electron chi connectivity index (χ1n) is 6.47. The van der Waals surface area contributed by atoms with E-state index in [1.807, 2.05) is 0 Å². The fourth-order valence-corrected chi connectivity index (χ4v) is 2.29. The van der Waals surface area contributed by atoms with Crippen LogP contribution in [0.1, 0.15) is 23.2 Å². The fraction of sp³-hybridized carbons (Fsp3) is 0.538. The summed E-state index contributed by atoms with van der Waals surface area (Å²) in [5.41, 5.74) is 6.06. The highest BCUT2D eigenvalue weighted by atomic mass is 16.4. The number of hydrogen-bond donors (Lipinski definition) is 3. The predicted molar refractivity (Wildman–Crippen MR) is 74.3 cm³/mol. The van der Waals surface area contributed by atoms with E-state index >= 15 is 0 Å². The van der Waals surface area contributed by atoms with Crippen LogP contribution in [-0.4, -0.2) is 47.6 Å². The number of carbonyl (C=O) groups is 1. The Balaban J connectivity index is 1.97. The van der Waals surface area contributed by atoms with Crippen molar-refractivity contribution in [3.05, 3.63) is 17.8 Å². The molecule has 1 aromatic heterocycles. The summed E-state index contributed by atoms with van der Waals surface area (Å²) in [6.07, 6.45) is 3.73. The lowest BCUT2D eigenvalue weighted by Gasteiger charge is -2.29. The summed E-state index contributed by atoms with van der Waals surface area (Å²) in [4.78, 5) is 17.5. The number of piperidine rings is 1. The van der Waals surface area contributed by atoms with E-state index in [1.54, 1.807) is 0 Å². The lowest BCUT2D eigenvalue weighted by molar-refractivity contribution is 0.0697. The molecular weight excluding hydrogens is 244 g/mol. The molecular formula is C13H20N4O2. The number of nitrogens with two attached hydrogens (primary N) is 1. The standard InChI is InChI=1S/C13H20N4O2/c1-17-4-2-9(3-5-17)7-15-12-11(13(18)19)6-10(14)8-16-12/h6,8-9H,2-5,7,14H2,1H3,(H,15,16)(H,18,19). The highest BCUT2D eigenvalue weighted by Crippen LogP contribution is 2.19. The Labute approximate surface area is 112 Å². The van der Waals surface area contributed by atoms with Crippen molar-refractivity contribution in [1.29, 1.82) is 0 Å². The lowest BCUT2D eigenvalue weighted by atomic mass is 9.97. The van der Waals surface area contributed by atoms with Crippen molar-refractivity contribution >= 4 is 17.5 Å². The molecule has 6 heteroatoms. The Morgan fingerprint density at radius 1 is 1.58 bits per heavy atom. The molecule has 1 aliphatic rings. The van der Waals surface area contributed by atoms with Crippen molar-refractivity contribution in [3.63, 3.8) is 0 Å². The molecule has 0 saturated carbocycles. The van der Waals surface area contributed by atoms with Crippen LogP contribution in [0.2, 0.25) is 0 Å². The molecule has 6 nitrogen and oxygen atoms in total. The maximum absolute atomic E-state index is 11.1.